The third-order valence-corrected chi connectivity index (χ3v) is 19.3. The van der Waals surface area contributed by atoms with Crippen molar-refractivity contribution in [1.29, 1.82) is 0 Å². The van der Waals surface area contributed by atoms with E-state index >= 15 is 0 Å². The highest BCUT2D eigenvalue weighted by Crippen LogP contribution is 2.47. The van der Waals surface area contributed by atoms with Crippen LogP contribution in [0.1, 0.15) is 202 Å². The van der Waals surface area contributed by atoms with E-state index in [0.717, 1.165) is 43.1 Å². The fourth-order valence-electron chi connectivity index (χ4n) is 8.40. The quantitative estimate of drug-likeness (QED) is 0.0196. The van der Waals surface area contributed by atoms with Crippen LogP contribution in [0.4, 0.5) is 0 Å². The molecule has 0 radical (unpaired) electrons. The lowest BCUT2D eigenvalue weighted by Crippen LogP contribution is -2.00. The van der Waals surface area contributed by atoms with Crippen molar-refractivity contribution in [3.8, 4) is 5.75 Å². The molecule has 0 amide bonds. The Balaban J connectivity index is 1.50. The molecule has 0 aromatic heterocycles. The van der Waals surface area contributed by atoms with E-state index in [1.807, 2.05) is 11.8 Å². The number of unbranched alkanes of at least 4 members (excludes halogenated alkanes) is 20. The molecule has 0 spiro atoms. The Morgan fingerprint density at radius 1 is 0.364 bits per heavy atom. The molecule has 0 bridgehead atoms. The zero-order valence-electron chi connectivity index (χ0n) is 42.0. The summed E-state index contributed by atoms with van der Waals surface area (Å²) in [6, 6.07) is 15.3. The number of ether oxygens (including phenoxy) is 1. The van der Waals surface area contributed by atoms with Gasteiger partial charge in [0.15, 0.2) is 0 Å². The molecule has 0 heterocycles. The zero-order chi connectivity index (χ0) is 47.2. The van der Waals surface area contributed by atoms with Crippen molar-refractivity contribution in [3.05, 3.63) is 36.4 Å². The molecule has 4 aromatic rings. The lowest BCUT2D eigenvalue weighted by atomic mass is 9.94. The van der Waals surface area contributed by atoms with E-state index in [1.165, 1.54) is 215 Å². The van der Waals surface area contributed by atoms with Crippen molar-refractivity contribution in [2.24, 2.45) is 0 Å². The topological polar surface area (TPSA) is 66.8 Å². The van der Waals surface area contributed by atoms with Crippen LogP contribution in [0.5, 0.6) is 5.75 Å². The molecular formula is C56H89O4PS5. The molecule has 0 unspecified atom stereocenters. The molecule has 0 saturated carbocycles. The van der Waals surface area contributed by atoms with Gasteiger partial charge in [-0.05, 0) is 142 Å². The van der Waals surface area contributed by atoms with Crippen LogP contribution in [0.25, 0.3) is 32.3 Å². The van der Waals surface area contributed by atoms with Crippen molar-refractivity contribution in [1.82, 2.24) is 0 Å². The minimum atomic E-state index is -3.81. The van der Waals surface area contributed by atoms with Gasteiger partial charge < -0.3 is 14.5 Å². The third kappa shape index (κ3) is 21.4. The maximum atomic E-state index is 11.0. The predicted molar refractivity (Wildman–Crippen MR) is 303 cm³/mol. The summed E-state index contributed by atoms with van der Waals surface area (Å²) >= 11 is 10.3. The maximum Gasteiger partial charge on any atom is 0.325 e. The lowest BCUT2D eigenvalue weighted by molar-refractivity contribution is 0.298. The van der Waals surface area contributed by atoms with Crippen molar-refractivity contribution in [2.75, 3.05) is 41.5 Å². The Morgan fingerprint density at radius 3 is 0.924 bits per heavy atom. The van der Waals surface area contributed by atoms with Crippen LogP contribution in [0.15, 0.2) is 60.9 Å². The second-order valence-electron chi connectivity index (χ2n) is 18.4. The van der Waals surface area contributed by atoms with E-state index in [1.54, 1.807) is 0 Å². The molecule has 0 atom stereocenters. The van der Waals surface area contributed by atoms with Gasteiger partial charge in [-0.25, -0.2) is 0 Å². The first-order valence-corrected chi connectivity index (χ1v) is 33.3. The first-order valence-electron chi connectivity index (χ1n) is 26.6. The Kier molecular flexibility index (Phi) is 30.4. The second-order valence-corrected chi connectivity index (χ2v) is 25.9. The smallest absolute Gasteiger partial charge is 0.325 e. The molecule has 0 fully saturated rings. The van der Waals surface area contributed by atoms with Gasteiger partial charge in [0.2, 0.25) is 0 Å². The van der Waals surface area contributed by atoms with Crippen molar-refractivity contribution < 1.29 is 19.1 Å². The summed E-state index contributed by atoms with van der Waals surface area (Å²) in [7, 11) is -3.81. The van der Waals surface area contributed by atoms with E-state index in [9.17, 15) is 4.57 Å². The Morgan fingerprint density at radius 2 is 0.621 bits per heavy atom. The average molecular weight is 1020 g/mol. The number of fused-ring (bicyclic) bond motifs is 6. The summed E-state index contributed by atoms with van der Waals surface area (Å²) in [5, 5.41) is 8.33. The molecule has 4 rings (SSSR count). The minimum absolute atomic E-state index is 0.0426. The standard InChI is InChI=1S/C56H89O4PS5/c1-6-11-34-62-52-40-46-45(39-51(52)60-32-30-28-26-24-22-20-18-16-17-19-21-23-25-27-29-31-33-61(57,58)59)47-41-53(63-35-12-7-2)55(65-37-14-9-4)43-49(47)50-44-56(66-38-15-10-5)54(42-48(46)50)64-36-13-8-3/h39-44H,6-38H2,1-5H3,(H2,57,58,59). The first-order chi connectivity index (χ1) is 32.2. The van der Waals surface area contributed by atoms with Gasteiger partial charge in [0, 0.05) is 25.7 Å². The molecular weight excluding hydrogens is 928 g/mol. The number of rotatable bonds is 40. The molecule has 372 valence electrons. The van der Waals surface area contributed by atoms with Gasteiger partial charge in [0.1, 0.15) is 5.75 Å². The minimum Gasteiger partial charge on any atom is -0.492 e. The van der Waals surface area contributed by atoms with E-state index in [4.69, 9.17) is 14.5 Å². The summed E-state index contributed by atoms with van der Waals surface area (Å²) < 4.78 is 17.8. The molecule has 0 aliphatic carbocycles. The third-order valence-electron chi connectivity index (χ3n) is 12.5. The summed E-state index contributed by atoms with van der Waals surface area (Å²) in [6.07, 6.45) is 31.8. The largest absolute Gasteiger partial charge is 0.492 e. The van der Waals surface area contributed by atoms with Crippen LogP contribution < -0.4 is 4.74 Å². The average Bonchev–Trinajstić information content (AvgIpc) is 3.30. The molecule has 2 N–H and O–H groups in total. The molecule has 4 aromatic carbocycles. The zero-order valence-corrected chi connectivity index (χ0v) is 47.0. The van der Waals surface area contributed by atoms with Crippen LogP contribution in [-0.2, 0) is 4.57 Å². The predicted octanol–water partition coefficient (Wildman–Crippen LogP) is 20.4. The summed E-state index contributed by atoms with van der Waals surface area (Å²) in [5.41, 5.74) is 0. The second kappa shape index (κ2) is 34.6. The molecule has 0 aliphatic heterocycles. The van der Waals surface area contributed by atoms with E-state index < -0.39 is 7.60 Å². The van der Waals surface area contributed by atoms with Gasteiger partial charge in [0.25, 0.3) is 0 Å². The van der Waals surface area contributed by atoms with E-state index in [0.29, 0.717) is 6.42 Å². The fourth-order valence-corrected chi connectivity index (χ4v) is 15.1. The highest BCUT2D eigenvalue weighted by molar-refractivity contribution is 8.02. The van der Waals surface area contributed by atoms with Crippen LogP contribution in [0.3, 0.4) is 0 Å². The van der Waals surface area contributed by atoms with Gasteiger partial charge in [0.05, 0.1) is 11.5 Å². The highest BCUT2D eigenvalue weighted by atomic mass is 32.2. The molecule has 4 nitrogen and oxygen atoms in total. The summed E-state index contributed by atoms with van der Waals surface area (Å²) in [5.74, 6) is 6.86. The van der Waals surface area contributed by atoms with E-state index in [2.05, 4.69) is 118 Å². The van der Waals surface area contributed by atoms with E-state index in [-0.39, 0.29) is 6.16 Å². The molecule has 66 heavy (non-hydrogen) atoms. The Labute approximate surface area is 424 Å². The van der Waals surface area contributed by atoms with Crippen molar-refractivity contribution in [3.63, 3.8) is 0 Å². The lowest BCUT2D eigenvalue weighted by Gasteiger charge is -2.20. The first kappa shape index (κ1) is 57.9. The normalized spacial score (nSPS) is 12.1. The number of hydrogen-bond donors (Lipinski definition) is 2. The van der Waals surface area contributed by atoms with Gasteiger partial charge in [-0.15, -0.1) is 58.8 Å². The number of hydrogen-bond acceptors (Lipinski definition) is 7. The Bertz CT molecular complexity index is 1950. The summed E-state index contributed by atoms with van der Waals surface area (Å²) in [6.45, 7) is 12.3. The highest BCUT2D eigenvalue weighted by Gasteiger charge is 2.19. The monoisotopic (exact) mass is 1020 g/mol. The number of benzene rings is 4. The molecule has 10 heteroatoms. The fraction of sp³-hybridized carbons (Fsp3) is 0.679. The van der Waals surface area contributed by atoms with Gasteiger partial charge in [-0.1, -0.05) is 157 Å². The molecule has 0 aliphatic rings. The van der Waals surface area contributed by atoms with Crippen molar-refractivity contribution >= 4 is 98.7 Å². The number of thioether (sulfide) groups is 5. The molecule has 0 saturated heterocycles. The van der Waals surface area contributed by atoms with Gasteiger partial charge in [-0.2, -0.15) is 0 Å². The van der Waals surface area contributed by atoms with Crippen LogP contribution >= 0.6 is 66.4 Å². The van der Waals surface area contributed by atoms with Crippen LogP contribution in [-0.4, -0.2) is 51.3 Å². The van der Waals surface area contributed by atoms with Gasteiger partial charge >= 0.3 is 7.60 Å². The van der Waals surface area contributed by atoms with Gasteiger partial charge in [-0.3, -0.25) is 4.57 Å². The SMILES string of the molecule is CCCCSc1cc2c(cc1OCCCCCCCCCCCCCCCCCCP(=O)(O)O)c1cc(SCCCC)c(SCCCC)cc1c1cc(SCCCC)c(SCCCC)cc21. The van der Waals surface area contributed by atoms with Crippen LogP contribution in [0.2, 0.25) is 0 Å². The van der Waals surface area contributed by atoms with Crippen molar-refractivity contribution in [2.45, 2.75) is 226 Å². The van der Waals surface area contributed by atoms with Crippen LogP contribution in [0, 0.1) is 0 Å². The maximum absolute atomic E-state index is 11.0. The summed E-state index contributed by atoms with van der Waals surface area (Å²) in [4.78, 5) is 25.1. The Hall–Kier alpha value is -0.640.